The molecule has 1 atom stereocenters. The van der Waals surface area contributed by atoms with Crippen LogP contribution in [0.4, 0.5) is 0 Å². The van der Waals surface area contributed by atoms with Crippen molar-refractivity contribution < 1.29 is 9.47 Å². The van der Waals surface area contributed by atoms with Gasteiger partial charge in [-0.05, 0) is 41.5 Å². The highest BCUT2D eigenvalue weighted by Gasteiger charge is 2.17. The minimum Gasteiger partial charge on any atom is -0.496 e. The van der Waals surface area contributed by atoms with Crippen LogP contribution in [-0.2, 0) is 0 Å². The van der Waals surface area contributed by atoms with Gasteiger partial charge in [-0.25, -0.2) is 0 Å². The maximum atomic E-state index is 5.53. The van der Waals surface area contributed by atoms with E-state index in [4.69, 9.17) is 9.47 Å². The Kier molecular flexibility index (Phi) is 8.77. The molecule has 0 aliphatic rings. The van der Waals surface area contributed by atoms with Crippen molar-refractivity contribution in [1.82, 2.24) is 5.32 Å². The van der Waals surface area contributed by atoms with Crippen LogP contribution in [0.2, 0.25) is 0 Å². The number of nitrogens with one attached hydrogen (secondary N) is 1. The van der Waals surface area contributed by atoms with Crippen LogP contribution in [0, 0.1) is 0 Å². The maximum Gasteiger partial charge on any atom is 0.133 e. The van der Waals surface area contributed by atoms with Gasteiger partial charge in [0.25, 0.3) is 0 Å². The van der Waals surface area contributed by atoms with Crippen LogP contribution in [0.15, 0.2) is 16.6 Å². The Labute approximate surface area is 137 Å². The monoisotopic (exact) mass is 357 g/mol. The topological polar surface area (TPSA) is 30.5 Å². The second kappa shape index (κ2) is 10.1. The lowest BCUT2D eigenvalue weighted by atomic mass is 9.98. The smallest absolute Gasteiger partial charge is 0.133 e. The van der Waals surface area contributed by atoms with Crippen LogP contribution >= 0.6 is 15.9 Å². The van der Waals surface area contributed by atoms with Crippen LogP contribution in [0.1, 0.15) is 57.1 Å². The van der Waals surface area contributed by atoms with E-state index in [2.05, 4.69) is 34.2 Å². The van der Waals surface area contributed by atoms with Crippen molar-refractivity contribution in [3.8, 4) is 11.5 Å². The first kappa shape index (κ1) is 18.3. The molecule has 1 aromatic carbocycles. The van der Waals surface area contributed by atoms with Crippen LogP contribution in [0.25, 0.3) is 0 Å². The standard InChI is InChI=1S/C17H28BrNO2/c1-5-6-7-8-9-10-15(19-2)13-11-17(21-4)14(18)12-16(13)20-3/h11-12,15,19H,5-10H2,1-4H3. The average molecular weight is 358 g/mol. The number of halogens is 1. The maximum absolute atomic E-state index is 5.53. The number of rotatable bonds is 10. The predicted molar refractivity (Wildman–Crippen MR) is 92.4 cm³/mol. The van der Waals surface area contributed by atoms with Crippen LogP contribution in [0.3, 0.4) is 0 Å². The van der Waals surface area contributed by atoms with Crippen molar-refractivity contribution in [2.45, 2.75) is 51.5 Å². The second-order valence-corrected chi connectivity index (χ2v) is 6.13. The summed E-state index contributed by atoms with van der Waals surface area (Å²) >= 11 is 3.51. The van der Waals surface area contributed by atoms with Gasteiger partial charge in [-0.3, -0.25) is 0 Å². The minimum atomic E-state index is 0.295. The van der Waals surface area contributed by atoms with Crippen LogP contribution < -0.4 is 14.8 Å². The van der Waals surface area contributed by atoms with Gasteiger partial charge in [0, 0.05) is 11.6 Å². The molecule has 0 spiro atoms. The van der Waals surface area contributed by atoms with Crippen molar-refractivity contribution in [1.29, 1.82) is 0 Å². The SMILES string of the molecule is CCCCCCCC(NC)c1cc(OC)c(Br)cc1OC. The molecular weight excluding hydrogens is 330 g/mol. The first-order valence-electron chi connectivity index (χ1n) is 7.76. The number of benzene rings is 1. The summed E-state index contributed by atoms with van der Waals surface area (Å²) in [5.41, 5.74) is 1.16. The lowest BCUT2D eigenvalue weighted by Gasteiger charge is -2.21. The fourth-order valence-electron chi connectivity index (χ4n) is 2.56. The summed E-state index contributed by atoms with van der Waals surface area (Å²) in [6.45, 7) is 2.25. The number of methoxy groups -OCH3 is 2. The minimum absolute atomic E-state index is 0.295. The van der Waals surface area contributed by atoms with Crippen molar-refractivity contribution >= 4 is 15.9 Å². The van der Waals surface area contributed by atoms with Gasteiger partial charge in [0.2, 0.25) is 0 Å². The highest BCUT2D eigenvalue weighted by Crippen LogP contribution is 2.37. The van der Waals surface area contributed by atoms with Gasteiger partial charge in [0.1, 0.15) is 11.5 Å². The molecule has 1 unspecified atom stereocenters. The molecule has 0 aliphatic heterocycles. The Morgan fingerprint density at radius 1 is 1.05 bits per heavy atom. The average Bonchev–Trinajstić information content (AvgIpc) is 2.51. The van der Waals surface area contributed by atoms with E-state index in [9.17, 15) is 0 Å². The molecule has 0 aromatic heterocycles. The molecule has 1 aromatic rings. The Hall–Kier alpha value is -0.740. The van der Waals surface area contributed by atoms with E-state index in [1.807, 2.05) is 13.1 Å². The lowest BCUT2D eigenvalue weighted by molar-refractivity contribution is 0.385. The molecule has 0 aliphatic carbocycles. The van der Waals surface area contributed by atoms with Gasteiger partial charge in [-0.1, -0.05) is 39.0 Å². The quantitative estimate of drug-likeness (QED) is 0.591. The number of hydrogen-bond acceptors (Lipinski definition) is 3. The fraction of sp³-hybridized carbons (Fsp3) is 0.647. The van der Waals surface area contributed by atoms with Gasteiger partial charge in [-0.2, -0.15) is 0 Å². The van der Waals surface area contributed by atoms with E-state index in [0.29, 0.717) is 6.04 Å². The molecule has 1 N–H and O–H groups in total. The van der Waals surface area contributed by atoms with Gasteiger partial charge in [-0.15, -0.1) is 0 Å². The van der Waals surface area contributed by atoms with Gasteiger partial charge < -0.3 is 14.8 Å². The lowest BCUT2D eigenvalue weighted by Crippen LogP contribution is -2.17. The van der Waals surface area contributed by atoms with E-state index in [0.717, 1.165) is 28.0 Å². The molecule has 0 heterocycles. The molecule has 120 valence electrons. The van der Waals surface area contributed by atoms with Gasteiger partial charge >= 0.3 is 0 Å². The molecule has 4 heteroatoms. The second-order valence-electron chi connectivity index (χ2n) is 5.27. The highest BCUT2D eigenvalue weighted by atomic mass is 79.9. The first-order chi connectivity index (χ1) is 10.2. The number of hydrogen-bond donors (Lipinski definition) is 1. The molecule has 0 fully saturated rings. The fourth-order valence-corrected chi connectivity index (χ4v) is 3.05. The normalized spacial score (nSPS) is 12.2. The summed E-state index contributed by atoms with van der Waals surface area (Å²) < 4.78 is 11.9. The third-order valence-corrected chi connectivity index (χ3v) is 4.44. The highest BCUT2D eigenvalue weighted by molar-refractivity contribution is 9.10. The summed E-state index contributed by atoms with van der Waals surface area (Å²) in [4.78, 5) is 0. The summed E-state index contributed by atoms with van der Waals surface area (Å²) in [5, 5.41) is 3.40. The Morgan fingerprint density at radius 3 is 2.29 bits per heavy atom. The first-order valence-corrected chi connectivity index (χ1v) is 8.55. The Bertz CT molecular complexity index is 423. The van der Waals surface area contributed by atoms with Crippen molar-refractivity contribution in [3.05, 3.63) is 22.2 Å². The summed E-state index contributed by atoms with van der Waals surface area (Å²) in [6, 6.07) is 4.34. The zero-order valence-electron chi connectivity index (χ0n) is 13.7. The molecule has 3 nitrogen and oxygen atoms in total. The molecule has 0 bridgehead atoms. The predicted octanol–water partition coefficient (Wildman–Crippen LogP) is 5.09. The summed E-state index contributed by atoms with van der Waals surface area (Å²) in [6.07, 6.45) is 7.58. The third-order valence-electron chi connectivity index (χ3n) is 3.82. The van der Waals surface area contributed by atoms with E-state index >= 15 is 0 Å². The zero-order valence-corrected chi connectivity index (χ0v) is 15.3. The molecular formula is C17H28BrNO2. The Balaban J connectivity index is 2.78. The number of unbranched alkanes of at least 4 members (excludes halogenated alkanes) is 4. The number of ether oxygens (including phenoxy) is 2. The van der Waals surface area contributed by atoms with Crippen molar-refractivity contribution in [2.75, 3.05) is 21.3 Å². The van der Waals surface area contributed by atoms with E-state index in [-0.39, 0.29) is 0 Å². The molecule has 0 radical (unpaired) electrons. The zero-order chi connectivity index (χ0) is 15.7. The van der Waals surface area contributed by atoms with E-state index in [1.54, 1.807) is 14.2 Å². The van der Waals surface area contributed by atoms with Gasteiger partial charge in [0.15, 0.2) is 0 Å². The summed E-state index contributed by atoms with van der Waals surface area (Å²) in [7, 11) is 5.41. The van der Waals surface area contributed by atoms with Crippen LogP contribution in [-0.4, -0.2) is 21.3 Å². The molecule has 0 amide bonds. The largest absolute Gasteiger partial charge is 0.496 e. The summed E-state index contributed by atoms with van der Waals surface area (Å²) in [5.74, 6) is 1.74. The molecule has 0 saturated carbocycles. The Morgan fingerprint density at radius 2 is 1.71 bits per heavy atom. The van der Waals surface area contributed by atoms with Crippen molar-refractivity contribution in [2.24, 2.45) is 0 Å². The van der Waals surface area contributed by atoms with Crippen molar-refractivity contribution in [3.63, 3.8) is 0 Å². The molecule has 0 saturated heterocycles. The van der Waals surface area contributed by atoms with Crippen LogP contribution in [0.5, 0.6) is 11.5 Å². The van der Waals surface area contributed by atoms with Gasteiger partial charge in [0.05, 0.1) is 18.7 Å². The van der Waals surface area contributed by atoms with E-state index in [1.165, 1.54) is 32.1 Å². The molecule has 21 heavy (non-hydrogen) atoms. The third kappa shape index (κ3) is 5.51. The molecule has 1 rings (SSSR count). The van der Waals surface area contributed by atoms with E-state index < -0.39 is 0 Å².